The molecule has 0 radical (unpaired) electrons. The number of carbonyl (C=O) groups excluding carboxylic acids is 1. The lowest BCUT2D eigenvalue weighted by atomic mass is 9.79. The van der Waals surface area contributed by atoms with E-state index in [0.717, 1.165) is 32.5 Å². The molecule has 0 aromatic heterocycles. The van der Waals surface area contributed by atoms with Crippen LogP contribution in [0.25, 0.3) is 0 Å². The monoisotopic (exact) mass is 516 g/mol. The second kappa shape index (κ2) is 7.18. The molecule has 0 spiro atoms. The van der Waals surface area contributed by atoms with Gasteiger partial charge in [0, 0.05) is 16.7 Å². The third-order valence-electron chi connectivity index (χ3n) is 5.27. The summed E-state index contributed by atoms with van der Waals surface area (Å²) in [6.45, 7) is 3.76. The number of halogens is 2. The van der Waals surface area contributed by atoms with Crippen molar-refractivity contribution in [1.29, 1.82) is 0 Å². The molecule has 148 valence electrons. The van der Waals surface area contributed by atoms with Gasteiger partial charge in [-0.05, 0) is 87.2 Å². The first-order valence-corrected chi connectivity index (χ1v) is 10.5. The molecule has 4 nitrogen and oxygen atoms in total. The Bertz CT molecular complexity index is 1110. The largest absolute Gasteiger partial charge is 0.506 e. The molecule has 29 heavy (non-hydrogen) atoms. The Morgan fingerprint density at radius 1 is 0.966 bits per heavy atom. The molecule has 0 saturated carbocycles. The van der Waals surface area contributed by atoms with Crippen molar-refractivity contribution in [3.05, 3.63) is 90.9 Å². The maximum atomic E-state index is 12.8. The Labute approximate surface area is 185 Å². The van der Waals surface area contributed by atoms with E-state index in [9.17, 15) is 9.90 Å². The zero-order valence-electron chi connectivity index (χ0n) is 16.0. The average Bonchev–Trinajstić information content (AvgIpc) is 2.99. The van der Waals surface area contributed by atoms with Crippen LogP contribution in [0, 0.1) is 13.8 Å². The molecular weight excluding hydrogens is 500 g/mol. The van der Waals surface area contributed by atoms with Crippen LogP contribution in [0.4, 0.5) is 0 Å². The number of esters is 1. The number of aromatic hydroxyl groups is 1. The van der Waals surface area contributed by atoms with Crippen molar-refractivity contribution < 1.29 is 19.4 Å². The first kappa shape index (κ1) is 20.0. The van der Waals surface area contributed by atoms with E-state index < -0.39 is 5.60 Å². The number of carbonyl (C=O) groups is 1. The van der Waals surface area contributed by atoms with Crippen LogP contribution >= 0.6 is 31.9 Å². The van der Waals surface area contributed by atoms with Crippen LogP contribution in [-0.4, -0.2) is 18.2 Å². The van der Waals surface area contributed by atoms with Crippen molar-refractivity contribution >= 4 is 37.8 Å². The number of rotatable bonds is 3. The van der Waals surface area contributed by atoms with Gasteiger partial charge in [0.15, 0.2) is 5.60 Å². The number of aryl methyl sites for hydroxylation is 2. The molecule has 0 fully saturated rings. The predicted octanol–water partition coefficient (Wildman–Crippen LogP) is 6.00. The van der Waals surface area contributed by atoms with Crippen molar-refractivity contribution in [3.8, 4) is 11.5 Å². The normalized spacial score (nSPS) is 17.8. The number of hydrogen-bond acceptors (Lipinski definition) is 4. The van der Waals surface area contributed by atoms with E-state index in [2.05, 4.69) is 31.9 Å². The zero-order chi connectivity index (χ0) is 20.9. The number of methoxy groups -OCH3 is 1. The van der Waals surface area contributed by atoms with Crippen LogP contribution in [0.3, 0.4) is 0 Å². The zero-order valence-corrected chi connectivity index (χ0v) is 19.2. The summed E-state index contributed by atoms with van der Waals surface area (Å²) in [7, 11) is 1.62. The Kier molecular flexibility index (Phi) is 4.95. The summed E-state index contributed by atoms with van der Waals surface area (Å²) in [6.07, 6.45) is 0. The number of phenolic OH excluding ortho intramolecular Hbond substituents is 1. The Balaban J connectivity index is 2.10. The van der Waals surface area contributed by atoms with Gasteiger partial charge in [0.1, 0.15) is 11.5 Å². The molecule has 4 rings (SSSR count). The minimum atomic E-state index is -1.14. The Morgan fingerprint density at radius 2 is 1.59 bits per heavy atom. The van der Waals surface area contributed by atoms with Gasteiger partial charge in [-0.1, -0.05) is 18.2 Å². The molecule has 1 atom stereocenters. The van der Waals surface area contributed by atoms with Crippen LogP contribution in [0.5, 0.6) is 11.5 Å². The van der Waals surface area contributed by atoms with Crippen LogP contribution in [0.2, 0.25) is 0 Å². The lowest BCUT2D eigenvalue weighted by Crippen LogP contribution is -2.30. The quantitative estimate of drug-likeness (QED) is 0.432. The molecule has 1 aliphatic rings. The summed E-state index contributed by atoms with van der Waals surface area (Å²) < 4.78 is 12.9. The number of cyclic esters (lactones) is 1. The lowest BCUT2D eigenvalue weighted by Gasteiger charge is -2.31. The molecular formula is C23H18Br2O4. The van der Waals surface area contributed by atoms with Crippen LogP contribution in [0.1, 0.15) is 38.2 Å². The van der Waals surface area contributed by atoms with Crippen LogP contribution in [-0.2, 0) is 10.3 Å². The summed E-state index contributed by atoms with van der Waals surface area (Å²) in [5, 5.41) is 10.3. The highest BCUT2D eigenvalue weighted by molar-refractivity contribution is 9.10. The first-order chi connectivity index (χ1) is 13.8. The molecule has 1 heterocycles. The van der Waals surface area contributed by atoms with E-state index in [-0.39, 0.29) is 11.7 Å². The number of benzene rings is 3. The van der Waals surface area contributed by atoms with Gasteiger partial charge < -0.3 is 14.6 Å². The molecule has 0 aliphatic carbocycles. The lowest BCUT2D eigenvalue weighted by molar-refractivity contribution is 0.0250. The molecule has 6 heteroatoms. The van der Waals surface area contributed by atoms with E-state index in [1.54, 1.807) is 19.2 Å². The highest BCUT2D eigenvalue weighted by Gasteiger charge is 2.49. The summed E-state index contributed by atoms with van der Waals surface area (Å²) in [5.74, 6) is 0.505. The molecule has 1 N–H and O–H groups in total. The fourth-order valence-electron chi connectivity index (χ4n) is 3.95. The SMILES string of the molecule is COc1c(C)cc(C2(c3cc(C)c(O)c(Br)c3)OC(=O)c3ccccc32)cc1Br. The van der Waals surface area contributed by atoms with Crippen LogP contribution < -0.4 is 4.74 Å². The van der Waals surface area contributed by atoms with E-state index >= 15 is 0 Å². The van der Waals surface area contributed by atoms with Crippen molar-refractivity contribution in [2.24, 2.45) is 0 Å². The van der Waals surface area contributed by atoms with E-state index in [4.69, 9.17) is 9.47 Å². The summed E-state index contributed by atoms with van der Waals surface area (Å²) in [6, 6.07) is 14.9. The maximum absolute atomic E-state index is 12.8. The van der Waals surface area contributed by atoms with Crippen molar-refractivity contribution in [2.75, 3.05) is 7.11 Å². The van der Waals surface area contributed by atoms with Gasteiger partial charge in [-0.2, -0.15) is 0 Å². The van der Waals surface area contributed by atoms with Crippen molar-refractivity contribution in [1.82, 2.24) is 0 Å². The maximum Gasteiger partial charge on any atom is 0.340 e. The summed E-state index contributed by atoms with van der Waals surface area (Å²) in [4.78, 5) is 12.8. The fourth-order valence-corrected chi connectivity index (χ4v) is 5.23. The molecule has 0 saturated heterocycles. The van der Waals surface area contributed by atoms with Crippen LogP contribution in [0.15, 0.2) is 57.5 Å². The third-order valence-corrected chi connectivity index (χ3v) is 6.47. The minimum Gasteiger partial charge on any atom is -0.506 e. The minimum absolute atomic E-state index is 0.161. The molecule has 1 aliphatic heterocycles. The summed E-state index contributed by atoms with van der Waals surface area (Å²) >= 11 is 7.01. The van der Waals surface area contributed by atoms with Gasteiger partial charge in [-0.3, -0.25) is 0 Å². The smallest absolute Gasteiger partial charge is 0.340 e. The Morgan fingerprint density at radius 3 is 2.21 bits per heavy atom. The van der Waals surface area contributed by atoms with E-state index in [1.807, 2.05) is 50.2 Å². The van der Waals surface area contributed by atoms with Gasteiger partial charge in [-0.15, -0.1) is 0 Å². The van der Waals surface area contributed by atoms with Gasteiger partial charge >= 0.3 is 5.97 Å². The van der Waals surface area contributed by atoms with E-state index in [0.29, 0.717) is 15.6 Å². The standard InChI is InChI=1S/C23H18Br2O4/c1-12-8-14(10-18(24)20(12)26)23(15-9-13(2)21(28-3)19(25)11-15)17-7-5-4-6-16(17)22(27)29-23/h4-11,26H,1-3H3. The van der Waals surface area contributed by atoms with Gasteiger partial charge in [0.05, 0.1) is 21.6 Å². The van der Waals surface area contributed by atoms with Crippen molar-refractivity contribution in [3.63, 3.8) is 0 Å². The molecule has 3 aromatic rings. The second-order valence-electron chi connectivity index (χ2n) is 7.05. The Hall–Kier alpha value is -2.31. The fraction of sp³-hybridized carbons (Fsp3) is 0.174. The molecule has 0 bridgehead atoms. The number of fused-ring (bicyclic) bond motifs is 1. The van der Waals surface area contributed by atoms with Gasteiger partial charge in [0.2, 0.25) is 0 Å². The average molecular weight is 518 g/mol. The highest BCUT2D eigenvalue weighted by Crippen LogP contribution is 2.50. The highest BCUT2D eigenvalue weighted by atomic mass is 79.9. The number of phenols is 1. The third kappa shape index (κ3) is 2.97. The van der Waals surface area contributed by atoms with E-state index in [1.165, 1.54) is 0 Å². The first-order valence-electron chi connectivity index (χ1n) is 8.96. The molecule has 0 amide bonds. The predicted molar refractivity (Wildman–Crippen MR) is 118 cm³/mol. The molecule has 1 unspecified atom stereocenters. The molecule has 3 aromatic carbocycles. The number of ether oxygens (including phenoxy) is 2. The summed E-state index contributed by atoms with van der Waals surface area (Å²) in [5.41, 5.74) is 3.27. The second-order valence-corrected chi connectivity index (χ2v) is 8.76. The van der Waals surface area contributed by atoms with Crippen molar-refractivity contribution in [2.45, 2.75) is 19.4 Å². The van der Waals surface area contributed by atoms with Gasteiger partial charge in [0.25, 0.3) is 0 Å². The topological polar surface area (TPSA) is 55.8 Å². The van der Waals surface area contributed by atoms with Gasteiger partial charge in [-0.25, -0.2) is 4.79 Å². The number of hydrogen-bond donors (Lipinski definition) is 1.